The van der Waals surface area contributed by atoms with Crippen LogP contribution in [0, 0.1) is 0 Å². The molecule has 0 bridgehead atoms. The van der Waals surface area contributed by atoms with Crippen LogP contribution in [-0.2, 0) is 16.2 Å². The molecule has 10 aromatic carbocycles. The Labute approximate surface area is 490 Å². The molecule has 0 saturated carbocycles. The second-order valence-corrected chi connectivity index (χ2v) is 27.7. The van der Waals surface area contributed by atoms with E-state index >= 15 is 0 Å². The van der Waals surface area contributed by atoms with Crippen molar-refractivity contribution in [1.29, 1.82) is 0 Å². The van der Waals surface area contributed by atoms with Crippen LogP contribution in [0.3, 0.4) is 0 Å². The van der Waals surface area contributed by atoms with E-state index in [0.717, 1.165) is 56.6 Å². The molecule has 0 spiro atoms. The van der Waals surface area contributed by atoms with Crippen molar-refractivity contribution in [1.82, 2.24) is 9.13 Å². The van der Waals surface area contributed by atoms with Gasteiger partial charge in [-0.2, -0.15) is 0 Å². The van der Waals surface area contributed by atoms with Gasteiger partial charge in [-0.05, 0) is 130 Å². The fraction of sp³-hybridized carbons (Fsp3) is 0.211. The van der Waals surface area contributed by atoms with E-state index in [4.69, 9.17) is 0 Å². The van der Waals surface area contributed by atoms with Gasteiger partial charge in [-0.3, -0.25) is 0 Å². The van der Waals surface area contributed by atoms with Crippen molar-refractivity contribution in [3.05, 3.63) is 253 Å². The van der Waals surface area contributed by atoms with Gasteiger partial charge in [-0.25, -0.2) is 0 Å². The van der Waals surface area contributed by atoms with Crippen molar-refractivity contribution in [2.24, 2.45) is 0 Å². The molecular formula is C76H74IN4-. The first kappa shape index (κ1) is 53.8. The molecule has 0 saturated heterocycles. The Morgan fingerprint density at radius 3 is 0.951 bits per heavy atom. The van der Waals surface area contributed by atoms with Crippen LogP contribution in [0.25, 0.3) is 66.1 Å². The van der Waals surface area contributed by atoms with E-state index in [1.807, 2.05) is 0 Å². The van der Waals surface area contributed by atoms with E-state index in [1.165, 1.54) is 72.3 Å². The van der Waals surface area contributed by atoms with E-state index in [9.17, 15) is 0 Å². The zero-order chi connectivity index (χ0) is 56.4. The van der Waals surface area contributed by atoms with Crippen molar-refractivity contribution in [2.75, 3.05) is 14.7 Å². The summed E-state index contributed by atoms with van der Waals surface area (Å²) in [6, 6.07) is 86.2. The van der Waals surface area contributed by atoms with Gasteiger partial charge in [0.1, 0.15) is 0 Å². The number of alkyl halides is 2. The summed E-state index contributed by atoms with van der Waals surface area (Å²) in [6.07, 6.45) is 1.19. The quantitative estimate of drug-likeness (QED) is 0.0895. The topological polar surface area (TPSA) is 16.3 Å². The third-order valence-corrected chi connectivity index (χ3v) is 19.6. The minimum absolute atomic E-state index is 0.0443. The predicted molar refractivity (Wildman–Crippen MR) is 345 cm³/mol. The molecule has 81 heavy (non-hydrogen) atoms. The molecule has 0 N–H and O–H groups in total. The molecule has 5 heteroatoms. The number of halogens is 1. The van der Waals surface area contributed by atoms with Crippen LogP contribution in [0.1, 0.15) is 102 Å². The van der Waals surface area contributed by atoms with Crippen LogP contribution in [0.15, 0.2) is 231 Å². The van der Waals surface area contributed by atoms with Crippen LogP contribution in [0.5, 0.6) is 0 Å². The Hall–Kier alpha value is -7.87. The average molecular weight is 1170 g/mol. The first-order valence-electron chi connectivity index (χ1n) is 28.7. The number of fused-ring (bicyclic) bond motifs is 6. The number of rotatable bonds is 12. The molecule has 12 rings (SSSR count). The normalized spacial score (nSPS) is 12.7. The molecule has 1 unspecified atom stereocenters. The predicted octanol–water partition coefficient (Wildman–Crippen LogP) is 18.5. The summed E-state index contributed by atoms with van der Waals surface area (Å²) in [5.41, 5.74) is 21.8. The van der Waals surface area contributed by atoms with Crippen molar-refractivity contribution < 1.29 is 21.2 Å². The number of aromatic nitrogens is 2. The monoisotopic (exact) mass is 1170 g/mol. The van der Waals surface area contributed by atoms with E-state index in [-0.39, 0.29) is 37.5 Å². The molecular weight excluding hydrogens is 1100 g/mol. The minimum atomic E-state index is 0.0443. The van der Waals surface area contributed by atoms with E-state index in [2.05, 4.69) is 324 Å². The number of nitrogens with zero attached hydrogens (tertiary/aromatic N) is 4. The Bertz CT molecular complexity index is 4130. The van der Waals surface area contributed by atoms with E-state index in [0.29, 0.717) is 3.92 Å². The van der Waals surface area contributed by atoms with Crippen LogP contribution < -0.4 is 31.0 Å². The molecule has 12 aromatic rings. The summed E-state index contributed by atoms with van der Waals surface area (Å²) in [6.45, 7) is 23.1. The molecule has 2 aromatic heterocycles. The van der Waals surface area contributed by atoms with Crippen molar-refractivity contribution >= 4 is 77.7 Å². The van der Waals surface area contributed by atoms with Crippen LogP contribution in [0.2, 0.25) is 0 Å². The summed E-state index contributed by atoms with van der Waals surface area (Å²) >= 11 is 0.0852. The molecule has 0 aliphatic rings. The zero-order valence-electron chi connectivity index (χ0n) is 48.9. The van der Waals surface area contributed by atoms with E-state index < -0.39 is 0 Å². The summed E-state index contributed by atoms with van der Waals surface area (Å²) in [5.74, 6) is 0. The third kappa shape index (κ3) is 10.2. The molecule has 406 valence electrons. The van der Waals surface area contributed by atoms with Gasteiger partial charge >= 0.3 is 195 Å². The van der Waals surface area contributed by atoms with Gasteiger partial charge in [0.25, 0.3) is 0 Å². The average Bonchev–Trinajstić information content (AvgIpc) is 4.10. The zero-order valence-corrected chi connectivity index (χ0v) is 51.0. The van der Waals surface area contributed by atoms with Crippen molar-refractivity contribution in [3.63, 3.8) is 0 Å². The molecule has 2 heterocycles. The standard InChI is InChI=1S/C76H74IN4/c1-12-69(77-11)53-27-43-70-65(47-53)66-48-54(74(2,3)4)28-44-71(66)80(70)63-39-35-61(36-40-63)78(57-19-15-13-16-20-57)59-31-23-51(24-32-59)52-25-33-60(34-26-52)79(58-21-17-14-18-22-58)62-37-41-64(42-38-62)81-72-45-29-55(75(5,6)7)49-67(72)68-50-56(76(8,9)10)30-46-73(68)81/h13-50,69H,12H2,1-11H3/q-1. The van der Waals surface area contributed by atoms with Crippen molar-refractivity contribution in [2.45, 2.75) is 95.8 Å². The maximum atomic E-state index is 2.50. The molecule has 0 aliphatic carbocycles. The number of anilines is 6. The summed E-state index contributed by atoms with van der Waals surface area (Å²) < 4.78 is 5.56. The Morgan fingerprint density at radius 2 is 0.642 bits per heavy atom. The second kappa shape index (κ2) is 21.2. The Balaban J connectivity index is 0.851. The molecule has 0 aliphatic heterocycles. The number of benzene rings is 10. The van der Waals surface area contributed by atoms with Gasteiger partial charge in [-0.15, -0.1) is 0 Å². The van der Waals surface area contributed by atoms with Gasteiger partial charge in [0.15, 0.2) is 0 Å². The summed E-state index contributed by atoms with van der Waals surface area (Å²) in [4.78, 5) is 7.13. The first-order valence-corrected chi connectivity index (χ1v) is 32.1. The molecule has 4 nitrogen and oxygen atoms in total. The summed E-state index contributed by atoms with van der Waals surface area (Å²) in [7, 11) is 0. The van der Waals surface area contributed by atoms with Gasteiger partial charge < -0.3 is 9.47 Å². The Kier molecular flexibility index (Phi) is 14.1. The van der Waals surface area contributed by atoms with Crippen LogP contribution >= 0.6 is 0 Å². The third-order valence-electron chi connectivity index (χ3n) is 16.5. The molecule has 1 atom stereocenters. The molecule has 0 radical (unpaired) electrons. The number of hydrogen-bond donors (Lipinski definition) is 0. The molecule has 0 fully saturated rings. The van der Waals surface area contributed by atoms with Crippen LogP contribution in [0.4, 0.5) is 34.1 Å². The van der Waals surface area contributed by atoms with E-state index in [1.54, 1.807) is 0 Å². The summed E-state index contributed by atoms with van der Waals surface area (Å²) in [5, 5.41) is 5.26. The molecule has 0 amide bonds. The fourth-order valence-corrected chi connectivity index (χ4v) is 13.9. The van der Waals surface area contributed by atoms with Crippen LogP contribution in [-0.4, -0.2) is 14.1 Å². The van der Waals surface area contributed by atoms with Gasteiger partial charge in [0.05, 0.1) is 11.0 Å². The number of hydrogen-bond acceptors (Lipinski definition) is 2. The van der Waals surface area contributed by atoms with Gasteiger partial charge in [0, 0.05) is 33.5 Å². The SMILES string of the molecule is CCC([I-]C)c1ccc2c(c1)c1cc(C(C)(C)C)ccc1n2-c1ccc(N(c2ccccc2)c2ccc(-c3ccc(N(c4ccccc4)c4ccc(-n5c6ccc(C(C)(C)C)cc6c6cc(C(C)(C)C)ccc65)cc4)cc3)cc2)cc1. The van der Waals surface area contributed by atoms with Crippen molar-refractivity contribution in [3.8, 4) is 22.5 Å². The van der Waals surface area contributed by atoms with Gasteiger partial charge in [0.2, 0.25) is 0 Å². The number of para-hydroxylation sites is 2. The Morgan fingerprint density at radius 1 is 0.346 bits per heavy atom. The fourth-order valence-electron chi connectivity index (χ4n) is 11.9. The maximum absolute atomic E-state index is 2.50. The first-order chi connectivity index (χ1) is 39.0. The second-order valence-electron chi connectivity index (χ2n) is 25.0. The van der Waals surface area contributed by atoms with Gasteiger partial charge in [-0.1, -0.05) is 114 Å².